The van der Waals surface area contributed by atoms with Crippen molar-refractivity contribution < 1.29 is 24.6 Å². The Morgan fingerprint density at radius 3 is 1.42 bits per heavy atom. The summed E-state index contributed by atoms with van der Waals surface area (Å²) in [6, 6.07) is 13.0. The zero-order valence-corrected chi connectivity index (χ0v) is 17.9. The maximum absolute atomic E-state index is 13.2. The van der Waals surface area contributed by atoms with Crippen LogP contribution in [0.5, 0.6) is 0 Å². The lowest BCUT2D eigenvalue weighted by Gasteiger charge is -2.35. The van der Waals surface area contributed by atoms with Crippen LogP contribution in [0.3, 0.4) is 0 Å². The van der Waals surface area contributed by atoms with Crippen molar-refractivity contribution in [2.24, 2.45) is 11.3 Å². The SMILES string of the molecule is CC(C)(C)C1C/C(=C/c2ccc(C(=O)O)cc2)C(=O)/C(=C/c2ccc(C(=O)O)cc2)C1. The average molecular weight is 418 g/mol. The topological polar surface area (TPSA) is 91.7 Å². The minimum absolute atomic E-state index is 0.000784. The van der Waals surface area contributed by atoms with Gasteiger partial charge in [-0.1, -0.05) is 45.0 Å². The standard InChI is InChI=1S/C26H26O5/c1-26(2,3)22-14-20(12-16-4-8-18(9-5-16)24(28)29)23(27)21(15-22)13-17-6-10-19(11-7-17)25(30)31/h4-13,22H,14-15H2,1-3H3,(H,28,29)(H,30,31)/b20-12-,21-13+. The van der Waals surface area contributed by atoms with Crippen molar-refractivity contribution in [1.29, 1.82) is 0 Å². The molecule has 0 saturated heterocycles. The van der Waals surface area contributed by atoms with Gasteiger partial charge in [-0.15, -0.1) is 0 Å². The van der Waals surface area contributed by atoms with Crippen molar-refractivity contribution in [1.82, 2.24) is 0 Å². The van der Waals surface area contributed by atoms with E-state index in [1.54, 1.807) is 24.3 Å². The van der Waals surface area contributed by atoms with Crippen molar-refractivity contribution in [3.8, 4) is 0 Å². The average Bonchev–Trinajstić information content (AvgIpc) is 2.71. The number of carbonyl (C=O) groups is 3. The van der Waals surface area contributed by atoms with E-state index < -0.39 is 11.9 Å². The lowest BCUT2D eigenvalue weighted by atomic mass is 9.68. The molecular formula is C26H26O5. The summed E-state index contributed by atoms with van der Waals surface area (Å²) in [5.41, 5.74) is 3.37. The van der Waals surface area contributed by atoms with Crippen LogP contribution >= 0.6 is 0 Å². The Balaban J connectivity index is 1.97. The number of allylic oxidation sites excluding steroid dienone is 2. The zero-order chi connectivity index (χ0) is 22.8. The Labute approximate surface area is 181 Å². The fraction of sp³-hybridized carbons (Fsp3) is 0.269. The number of Topliss-reactive ketones (excluding diaryl/α,β-unsaturated/α-hetero) is 1. The van der Waals surface area contributed by atoms with Crippen LogP contribution in [0.2, 0.25) is 0 Å². The molecule has 0 bridgehead atoms. The molecule has 1 aliphatic rings. The summed E-state index contributed by atoms with van der Waals surface area (Å²) in [6.07, 6.45) is 4.98. The number of hydrogen-bond donors (Lipinski definition) is 2. The molecular weight excluding hydrogens is 392 g/mol. The van der Waals surface area contributed by atoms with Crippen LogP contribution in [0, 0.1) is 11.3 Å². The molecule has 5 nitrogen and oxygen atoms in total. The van der Waals surface area contributed by atoms with Crippen molar-refractivity contribution in [3.63, 3.8) is 0 Å². The molecule has 2 aromatic carbocycles. The van der Waals surface area contributed by atoms with Crippen molar-refractivity contribution >= 4 is 29.9 Å². The van der Waals surface area contributed by atoms with Gasteiger partial charge in [0, 0.05) is 11.1 Å². The zero-order valence-electron chi connectivity index (χ0n) is 17.9. The van der Waals surface area contributed by atoms with Gasteiger partial charge in [0.2, 0.25) is 0 Å². The highest BCUT2D eigenvalue weighted by Crippen LogP contribution is 2.42. The second kappa shape index (κ2) is 8.72. The van der Waals surface area contributed by atoms with Crippen molar-refractivity contribution in [2.75, 3.05) is 0 Å². The molecule has 1 atom stereocenters. The number of rotatable bonds is 4. The molecule has 1 aliphatic carbocycles. The summed E-state index contributed by atoms with van der Waals surface area (Å²) in [5.74, 6) is -1.73. The molecule has 160 valence electrons. The lowest BCUT2D eigenvalue weighted by molar-refractivity contribution is -0.113. The molecule has 5 heteroatoms. The third-order valence-electron chi connectivity index (χ3n) is 5.74. The summed E-state index contributed by atoms with van der Waals surface area (Å²) in [4.78, 5) is 35.4. The predicted molar refractivity (Wildman–Crippen MR) is 120 cm³/mol. The van der Waals surface area contributed by atoms with Gasteiger partial charge in [-0.3, -0.25) is 4.79 Å². The van der Waals surface area contributed by atoms with E-state index in [9.17, 15) is 14.4 Å². The molecule has 0 aromatic heterocycles. The molecule has 1 unspecified atom stereocenters. The van der Waals surface area contributed by atoms with Gasteiger partial charge in [0.25, 0.3) is 0 Å². The van der Waals surface area contributed by atoms with Crippen LogP contribution in [-0.4, -0.2) is 27.9 Å². The largest absolute Gasteiger partial charge is 0.478 e. The summed E-state index contributed by atoms with van der Waals surface area (Å²) < 4.78 is 0. The van der Waals surface area contributed by atoms with Crippen molar-refractivity contribution in [2.45, 2.75) is 33.6 Å². The molecule has 3 rings (SSSR count). The predicted octanol–water partition coefficient (Wildman–Crippen LogP) is 5.58. The maximum atomic E-state index is 13.2. The van der Waals surface area contributed by atoms with Gasteiger partial charge in [0.15, 0.2) is 5.78 Å². The summed E-state index contributed by atoms with van der Waals surface area (Å²) in [6.45, 7) is 6.48. The molecule has 31 heavy (non-hydrogen) atoms. The van der Waals surface area contributed by atoms with Gasteiger partial charge < -0.3 is 10.2 Å². The Bertz CT molecular complexity index is 985. The van der Waals surface area contributed by atoms with E-state index in [0.29, 0.717) is 24.0 Å². The second-order valence-electron chi connectivity index (χ2n) is 8.99. The molecule has 2 N–H and O–H groups in total. The minimum atomic E-state index is -0.986. The number of benzene rings is 2. The number of carboxylic acids is 2. The Hall–Kier alpha value is -3.47. The van der Waals surface area contributed by atoms with Gasteiger partial charge >= 0.3 is 11.9 Å². The molecule has 1 fully saturated rings. The van der Waals surface area contributed by atoms with Gasteiger partial charge in [-0.05, 0) is 71.7 Å². The molecule has 1 saturated carbocycles. The normalized spacial score (nSPS) is 19.6. The number of carboxylic acid groups (broad SMARTS) is 2. The van der Waals surface area contributed by atoms with Crippen LogP contribution in [-0.2, 0) is 4.79 Å². The number of hydrogen-bond acceptors (Lipinski definition) is 3. The smallest absolute Gasteiger partial charge is 0.335 e. The molecule has 0 amide bonds. The monoisotopic (exact) mass is 418 g/mol. The summed E-state index contributed by atoms with van der Waals surface area (Å²) >= 11 is 0. The first-order valence-electron chi connectivity index (χ1n) is 10.2. The maximum Gasteiger partial charge on any atom is 0.335 e. The summed E-state index contributed by atoms with van der Waals surface area (Å²) in [5, 5.41) is 18.2. The first kappa shape index (κ1) is 22.2. The molecule has 0 aliphatic heterocycles. The van der Waals surface area contributed by atoms with Gasteiger partial charge in [-0.2, -0.15) is 0 Å². The van der Waals surface area contributed by atoms with E-state index in [1.807, 2.05) is 12.2 Å². The van der Waals surface area contributed by atoms with Gasteiger partial charge in [-0.25, -0.2) is 9.59 Å². The van der Waals surface area contributed by atoms with E-state index >= 15 is 0 Å². The number of carbonyl (C=O) groups excluding carboxylic acids is 1. The third-order valence-corrected chi connectivity index (χ3v) is 5.74. The Morgan fingerprint density at radius 2 is 1.13 bits per heavy atom. The highest BCUT2D eigenvalue weighted by molar-refractivity contribution is 6.14. The fourth-order valence-corrected chi connectivity index (χ4v) is 3.70. The molecule has 2 aromatic rings. The van der Waals surface area contributed by atoms with Crippen LogP contribution in [0.4, 0.5) is 0 Å². The highest BCUT2D eigenvalue weighted by atomic mass is 16.4. The fourth-order valence-electron chi connectivity index (χ4n) is 3.70. The first-order valence-corrected chi connectivity index (χ1v) is 10.2. The van der Waals surface area contributed by atoms with Crippen LogP contribution in [0.1, 0.15) is 65.5 Å². The van der Waals surface area contributed by atoms with E-state index in [4.69, 9.17) is 10.2 Å². The minimum Gasteiger partial charge on any atom is -0.478 e. The van der Waals surface area contributed by atoms with Crippen LogP contribution in [0.25, 0.3) is 12.2 Å². The molecule has 0 heterocycles. The van der Waals surface area contributed by atoms with E-state index in [1.165, 1.54) is 24.3 Å². The molecule has 0 spiro atoms. The Kier molecular flexibility index (Phi) is 6.25. The first-order chi connectivity index (χ1) is 14.5. The quantitative estimate of drug-likeness (QED) is 0.633. The molecule has 0 radical (unpaired) electrons. The number of aromatic carboxylic acids is 2. The van der Waals surface area contributed by atoms with E-state index in [0.717, 1.165) is 11.1 Å². The van der Waals surface area contributed by atoms with Crippen LogP contribution in [0.15, 0.2) is 59.7 Å². The van der Waals surface area contributed by atoms with Gasteiger partial charge in [0.1, 0.15) is 0 Å². The third kappa shape index (κ3) is 5.37. The Morgan fingerprint density at radius 1 is 0.774 bits per heavy atom. The highest BCUT2D eigenvalue weighted by Gasteiger charge is 2.34. The van der Waals surface area contributed by atoms with Crippen LogP contribution < -0.4 is 0 Å². The summed E-state index contributed by atoms with van der Waals surface area (Å²) in [7, 11) is 0. The lowest BCUT2D eigenvalue weighted by Crippen LogP contribution is -2.29. The number of ketones is 1. The van der Waals surface area contributed by atoms with E-state index in [-0.39, 0.29) is 28.2 Å². The van der Waals surface area contributed by atoms with Crippen molar-refractivity contribution in [3.05, 3.63) is 81.9 Å². The van der Waals surface area contributed by atoms with Gasteiger partial charge in [0.05, 0.1) is 11.1 Å². The second-order valence-corrected chi connectivity index (χ2v) is 8.99. The van der Waals surface area contributed by atoms with E-state index in [2.05, 4.69) is 20.8 Å².